The lowest BCUT2D eigenvalue weighted by Crippen LogP contribution is -2.47. The van der Waals surface area contributed by atoms with E-state index in [-0.39, 0.29) is 29.8 Å². The van der Waals surface area contributed by atoms with Crippen LogP contribution in [-0.2, 0) is 25.6 Å². The van der Waals surface area contributed by atoms with Crippen molar-refractivity contribution in [2.24, 2.45) is 0 Å². The molecule has 2 aromatic carbocycles. The molecule has 8 heteroatoms. The third-order valence-corrected chi connectivity index (χ3v) is 5.67. The van der Waals surface area contributed by atoms with Gasteiger partial charge in [-0.05, 0) is 31.2 Å². The third kappa shape index (κ3) is 5.19. The molecule has 2 aromatic rings. The van der Waals surface area contributed by atoms with E-state index < -0.39 is 23.4 Å². The molecule has 0 amide bonds. The molecule has 7 nitrogen and oxygen atoms in total. The molecule has 1 saturated carbocycles. The highest BCUT2D eigenvalue weighted by Crippen LogP contribution is 2.36. The average Bonchev–Trinajstić information content (AvgIpc) is 2.84. The summed E-state index contributed by atoms with van der Waals surface area (Å²) < 4.78 is 41.1. The zero-order valence-corrected chi connectivity index (χ0v) is 18.4. The van der Waals surface area contributed by atoms with E-state index >= 15 is 0 Å². The summed E-state index contributed by atoms with van der Waals surface area (Å²) in [6, 6.07) is 11.8. The van der Waals surface area contributed by atoms with E-state index in [2.05, 4.69) is 0 Å². The second-order valence-corrected chi connectivity index (χ2v) is 7.55. The molecule has 0 heterocycles. The number of hydrogen-bond donors (Lipinski definition) is 0. The van der Waals surface area contributed by atoms with Crippen LogP contribution in [0.2, 0.25) is 0 Å². The van der Waals surface area contributed by atoms with Crippen molar-refractivity contribution in [3.05, 3.63) is 59.4 Å². The second-order valence-electron chi connectivity index (χ2n) is 7.55. The van der Waals surface area contributed by atoms with Crippen LogP contribution in [0.3, 0.4) is 0 Å². The van der Waals surface area contributed by atoms with Gasteiger partial charge >= 0.3 is 11.9 Å². The minimum atomic E-state index is -1.07. The zero-order chi connectivity index (χ0) is 23.1. The Balaban J connectivity index is 1.64. The molecular weight excluding hydrogens is 419 g/mol. The van der Waals surface area contributed by atoms with Gasteiger partial charge in [-0.15, -0.1) is 0 Å². The molecule has 0 spiro atoms. The molecule has 0 N–H and O–H groups in total. The number of carbonyl (C=O) groups excluding carboxylic acids is 2. The summed E-state index contributed by atoms with van der Waals surface area (Å²) >= 11 is 0. The molecule has 1 fully saturated rings. The van der Waals surface area contributed by atoms with E-state index in [4.69, 9.17) is 23.7 Å². The van der Waals surface area contributed by atoms with Crippen LogP contribution < -0.4 is 9.47 Å². The molecule has 0 unspecified atom stereocenters. The quantitative estimate of drug-likeness (QED) is 0.566. The van der Waals surface area contributed by atoms with Crippen LogP contribution in [0.4, 0.5) is 4.39 Å². The Bertz CT molecular complexity index is 937. The van der Waals surface area contributed by atoms with Gasteiger partial charge in [0.1, 0.15) is 17.9 Å². The molecule has 172 valence electrons. The van der Waals surface area contributed by atoms with Gasteiger partial charge in [-0.1, -0.05) is 30.3 Å². The van der Waals surface area contributed by atoms with Crippen molar-refractivity contribution in [2.75, 3.05) is 21.3 Å². The van der Waals surface area contributed by atoms with E-state index in [9.17, 15) is 14.0 Å². The Kier molecular flexibility index (Phi) is 7.69. The van der Waals surface area contributed by atoms with Crippen LogP contribution in [0.5, 0.6) is 11.5 Å². The lowest BCUT2D eigenvalue weighted by atomic mass is 9.83. The molecule has 0 atom stereocenters. The maximum atomic E-state index is 14.5. The Morgan fingerprint density at radius 2 is 1.72 bits per heavy atom. The zero-order valence-electron chi connectivity index (χ0n) is 18.4. The number of rotatable bonds is 8. The first-order chi connectivity index (χ1) is 15.4. The first-order valence-corrected chi connectivity index (χ1v) is 10.3. The van der Waals surface area contributed by atoms with E-state index in [1.54, 1.807) is 0 Å². The van der Waals surface area contributed by atoms with Crippen molar-refractivity contribution in [3.8, 4) is 11.5 Å². The summed E-state index contributed by atoms with van der Waals surface area (Å²) in [6.45, 7) is 0.165. The Morgan fingerprint density at radius 3 is 2.31 bits per heavy atom. The number of benzene rings is 2. The molecular formula is C24H27FO7. The average molecular weight is 446 g/mol. The summed E-state index contributed by atoms with van der Waals surface area (Å²) in [6.07, 6.45) is 1.28. The maximum absolute atomic E-state index is 14.5. The van der Waals surface area contributed by atoms with Crippen molar-refractivity contribution >= 4 is 11.9 Å². The minimum Gasteiger partial charge on any atom is -0.496 e. The highest BCUT2D eigenvalue weighted by Gasteiger charge is 2.44. The normalized spacial score (nSPS) is 20.3. The number of hydrogen-bond acceptors (Lipinski definition) is 7. The van der Waals surface area contributed by atoms with Crippen LogP contribution in [0.25, 0.3) is 0 Å². The molecule has 0 aliphatic heterocycles. The van der Waals surface area contributed by atoms with Crippen LogP contribution in [-0.4, -0.2) is 45.0 Å². The monoisotopic (exact) mass is 446 g/mol. The van der Waals surface area contributed by atoms with Gasteiger partial charge in [0.15, 0.2) is 17.2 Å². The summed E-state index contributed by atoms with van der Waals surface area (Å²) in [5.74, 6) is -1.75. The van der Waals surface area contributed by atoms with Crippen molar-refractivity contribution in [1.82, 2.24) is 0 Å². The number of esters is 2. The highest BCUT2D eigenvalue weighted by molar-refractivity contribution is 5.93. The van der Waals surface area contributed by atoms with Gasteiger partial charge in [-0.2, -0.15) is 0 Å². The molecule has 32 heavy (non-hydrogen) atoms. The molecule has 0 saturated heterocycles. The standard InChI is InChI=1S/C24H27FO7/c1-28-20-14-19(25)21(13-18(20)22(26)29-2)32-17-9-11-24(30-3,12-10-17)23(27)31-15-16-7-5-4-6-8-16/h4-8,13-14,17H,9-12,15H2,1-3H3/t17-,24-. The second kappa shape index (κ2) is 10.5. The summed E-state index contributed by atoms with van der Waals surface area (Å²) in [7, 11) is 4.05. The SMILES string of the molecule is COC(=O)c1cc(O[C@H]2CC[C@@](OC)(C(=O)OCc3ccccc3)CC2)c(F)cc1OC. The predicted molar refractivity (Wildman–Crippen MR) is 113 cm³/mol. The first-order valence-electron chi connectivity index (χ1n) is 10.3. The Morgan fingerprint density at radius 1 is 1.03 bits per heavy atom. The van der Waals surface area contributed by atoms with Gasteiger partial charge in [0, 0.05) is 19.2 Å². The van der Waals surface area contributed by atoms with Crippen LogP contribution >= 0.6 is 0 Å². The largest absolute Gasteiger partial charge is 0.496 e. The molecule has 1 aliphatic rings. The maximum Gasteiger partial charge on any atom is 0.341 e. The Hall–Kier alpha value is -3.13. The van der Waals surface area contributed by atoms with Crippen molar-refractivity contribution < 1.29 is 37.7 Å². The van der Waals surface area contributed by atoms with Crippen LogP contribution in [0, 0.1) is 5.82 Å². The van der Waals surface area contributed by atoms with Gasteiger partial charge in [0.25, 0.3) is 0 Å². The molecule has 3 rings (SSSR count). The topological polar surface area (TPSA) is 80.3 Å². The van der Waals surface area contributed by atoms with E-state index in [1.165, 1.54) is 27.4 Å². The minimum absolute atomic E-state index is 0.0601. The van der Waals surface area contributed by atoms with Gasteiger partial charge in [-0.3, -0.25) is 0 Å². The lowest BCUT2D eigenvalue weighted by molar-refractivity contribution is -0.176. The molecule has 0 aromatic heterocycles. The van der Waals surface area contributed by atoms with Crippen LogP contribution in [0.1, 0.15) is 41.6 Å². The number of methoxy groups -OCH3 is 3. The lowest BCUT2D eigenvalue weighted by Gasteiger charge is -2.37. The molecule has 0 bridgehead atoms. The summed E-state index contributed by atoms with van der Waals surface area (Å²) in [5, 5.41) is 0. The number of carbonyl (C=O) groups is 2. The van der Waals surface area contributed by atoms with E-state index in [0.29, 0.717) is 25.7 Å². The van der Waals surface area contributed by atoms with Crippen LogP contribution in [0.15, 0.2) is 42.5 Å². The third-order valence-electron chi connectivity index (χ3n) is 5.67. The fourth-order valence-corrected chi connectivity index (χ4v) is 3.77. The van der Waals surface area contributed by atoms with Gasteiger partial charge < -0.3 is 23.7 Å². The first kappa shape index (κ1) is 23.5. The van der Waals surface area contributed by atoms with Crippen molar-refractivity contribution in [1.29, 1.82) is 0 Å². The van der Waals surface area contributed by atoms with Crippen molar-refractivity contribution in [3.63, 3.8) is 0 Å². The smallest absolute Gasteiger partial charge is 0.341 e. The summed E-state index contributed by atoms with van der Waals surface area (Å²) in [4.78, 5) is 24.7. The predicted octanol–water partition coefficient (Wildman–Crippen LogP) is 4.07. The van der Waals surface area contributed by atoms with Gasteiger partial charge in [0.05, 0.1) is 20.3 Å². The van der Waals surface area contributed by atoms with E-state index in [0.717, 1.165) is 11.6 Å². The molecule has 1 aliphatic carbocycles. The number of ether oxygens (including phenoxy) is 5. The van der Waals surface area contributed by atoms with Gasteiger partial charge in [-0.25, -0.2) is 14.0 Å². The Labute approximate surface area is 186 Å². The highest BCUT2D eigenvalue weighted by atomic mass is 19.1. The fourth-order valence-electron chi connectivity index (χ4n) is 3.77. The molecule has 0 radical (unpaired) electrons. The number of halogens is 1. The van der Waals surface area contributed by atoms with Gasteiger partial charge in [0.2, 0.25) is 0 Å². The fraction of sp³-hybridized carbons (Fsp3) is 0.417. The summed E-state index contributed by atoms with van der Waals surface area (Å²) in [5.41, 5.74) is -0.108. The van der Waals surface area contributed by atoms with Crippen molar-refractivity contribution in [2.45, 2.75) is 44.0 Å². The van der Waals surface area contributed by atoms with E-state index in [1.807, 2.05) is 30.3 Å².